The first-order valence-electron chi connectivity index (χ1n) is 27.5. The van der Waals surface area contributed by atoms with Crippen LogP contribution in [0.2, 0.25) is 0 Å². The number of aromatic amines is 5. The maximum absolute atomic E-state index is 5.58. The Morgan fingerprint density at radius 1 is 0.404 bits per heavy atom. The molecule has 446 valence electrons. The van der Waals surface area contributed by atoms with Crippen LogP contribution in [0.1, 0.15) is 64.0 Å². The molecule has 0 radical (unpaired) electrons. The maximum atomic E-state index is 5.58. The first-order valence-corrected chi connectivity index (χ1v) is 28.4. The van der Waals surface area contributed by atoms with Crippen LogP contribution < -0.4 is 26.6 Å². The molecule has 30 heteroatoms. The molecule has 0 bridgehead atoms. The molecule has 0 saturated heterocycles. The third-order valence-corrected chi connectivity index (χ3v) is 14.0. The van der Waals surface area contributed by atoms with E-state index in [2.05, 4.69) is 138 Å². The number of benzene rings is 1. The minimum Gasteiger partial charge on any atom is -0.467 e. The molecule has 16 aromatic rings. The third-order valence-electron chi connectivity index (χ3n) is 13.1. The monoisotopic (exact) mass is 1210 g/mol. The van der Waals surface area contributed by atoms with Crippen molar-refractivity contribution in [1.29, 1.82) is 0 Å². The molecular weight excluding hydrogens is 1150 g/mol. The van der Waals surface area contributed by atoms with Crippen molar-refractivity contribution in [3.63, 3.8) is 0 Å². The van der Waals surface area contributed by atoms with Gasteiger partial charge < -0.3 is 69.2 Å². The summed E-state index contributed by atoms with van der Waals surface area (Å²) >= 11 is 1.72. The molecule has 0 saturated carbocycles. The van der Waals surface area contributed by atoms with E-state index in [1.807, 2.05) is 106 Å². The Balaban J connectivity index is 0.000000109. The lowest BCUT2D eigenvalue weighted by atomic mass is 10.0. The quantitative estimate of drug-likeness (QED) is 0.0429. The van der Waals surface area contributed by atoms with Crippen molar-refractivity contribution in [2.45, 2.75) is 52.5 Å². The highest BCUT2D eigenvalue weighted by molar-refractivity contribution is 7.09. The van der Waals surface area contributed by atoms with Gasteiger partial charge in [-0.15, -0.1) is 11.3 Å². The number of rotatable bonds is 16. The van der Waals surface area contributed by atoms with E-state index in [9.17, 15) is 0 Å². The fraction of sp³-hybridized carbons (Fsp3) is 0.136. The van der Waals surface area contributed by atoms with Crippen molar-refractivity contribution >= 4 is 96.2 Å². The Hall–Kier alpha value is -12.2. The Morgan fingerprint density at radius 3 is 1.22 bits per heavy atom. The summed E-state index contributed by atoms with van der Waals surface area (Å²) < 4.78 is 21.8. The van der Waals surface area contributed by atoms with Gasteiger partial charge in [-0.05, 0) is 86.3 Å². The first kappa shape index (κ1) is 57.2. The van der Waals surface area contributed by atoms with Gasteiger partial charge in [0, 0.05) is 4.88 Å². The van der Waals surface area contributed by atoms with E-state index in [1.54, 1.807) is 55.5 Å². The highest BCUT2D eigenvalue weighted by atomic mass is 32.1. The fourth-order valence-corrected chi connectivity index (χ4v) is 9.55. The summed E-state index contributed by atoms with van der Waals surface area (Å²) in [5, 5.41) is 18.4. The van der Waals surface area contributed by atoms with Crippen LogP contribution in [0.3, 0.4) is 0 Å². The molecule has 2 atom stereocenters. The van der Waals surface area contributed by atoms with Gasteiger partial charge in [0.15, 0.2) is 57.3 Å². The molecule has 15 heterocycles. The van der Waals surface area contributed by atoms with Crippen LogP contribution in [0.15, 0.2) is 190 Å². The van der Waals surface area contributed by atoms with Gasteiger partial charge in [-0.1, -0.05) is 36.4 Å². The van der Waals surface area contributed by atoms with E-state index < -0.39 is 0 Å². The van der Waals surface area contributed by atoms with Crippen molar-refractivity contribution in [2.75, 3.05) is 26.6 Å². The van der Waals surface area contributed by atoms with E-state index >= 15 is 0 Å². The Kier molecular flexibility index (Phi) is 17.8. The second-order valence-electron chi connectivity index (χ2n) is 19.2. The second-order valence-corrected chi connectivity index (χ2v) is 20.2. The van der Waals surface area contributed by atoms with Gasteiger partial charge in [0.1, 0.15) is 99.8 Å². The van der Waals surface area contributed by atoms with Gasteiger partial charge in [0.05, 0.1) is 69.8 Å². The van der Waals surface area contributed by atoms with E-state index in [-0.39, 0.29) is 12.1 Å². The highest BCUT2D eigenvalue weighted by Gasteiger charge is 2.20. The molecule has 10 N–H and O–H groups in total. The number of imidazole rings is 5. The molecule has 16 rings (SSSR count). The Morgan fingerprint density at radius 2 is 0.820 bits per heavy atom. The summed E-state index contributed by atoms with van der Waals surface area (Å²) in [6, 6.07) is 29.4. The fourth-order valence-electron chi connectivity index (χ4n) is 8.90. The number of nitrogens with zero attached hydrogens (tertiary/aromatic N) is 15. The minimum absolute atomic E-state index is 0.0337. The molecule has 1 aromatic carbocycles. The van der Waals surface area contributed by atoms with Crippen molar-refractivity contribution in [2.24, 2.45) is 0 Å². The van der Waals surface area contributed by atoms with Crippen molar-refractivity contribution in [3.8, 4) is 0 Å². The molecule has 0 spiro atoms. The number of hydrogen-bond donors (Lipinski definition) is 10. The van der Waals surface area contributed by atoms with Crippen LogP contribution in [0.5, 0.6) is 0 Å². The average molecular weight is 1210 g/mol. The summed E-state index contributed by atoms with van der Waals surface area (Å²) in [6.45, 7) is 7.77. The predicted octanol–water partition coefficient (Wildman–Crippen LogP) is 11.0. The number of thiophene rings is 1. The second kappa shape index (κ2) is 27.7. The van der Waals surface area contributed by atoms with Crippen LogP contribution >= 0.6 is 11.3 Å². The van der Waals surface area contributed by atoms with E-state index in [0.29, 0.717) is 47.1 Å². The molecule has 0 fully saturated rings. The summed E-state index contributed by atoms with van der Waals surface area (Å²) in [7, 11) is 0. The minimum atomic E-state index is -0.141. The van der Waals surface area contributed by atoms with Gasteiger partial charge in [-0.3, -0.25) is 0 Å². The molecule has 2 unspecified atom stereocenters. The van der Waals surface area contributed by atoms with Gasteiger partial charge in [-0.25, -0.2) is 74.8 Å². The lowest BCUT2D eigenvalue weighted by Crippen LogP contribution is -2.13. The smallest absolute Gasteiger partial charge is 0.182 e. The molecule has 15 aromatic heterocycles. The van der Waals surface area contributed by atoms with Gasteiger partial charge in [-0.2, -0.15) is 0 Å². The average Bonchev–Trinajstić information content (AvgIpc) is 4.60. The zero-order chi connectivity index (χ0) is 60.6. The number of furan rings is 4. The van der Waals surface area contributed by atoms with Crippen LogP contribution in [0.4, 0.5) is 29.1 Å². The first-order chi connectivity index (χ1) is 43.8. The summed E-state index contributed by atoms with van der Waals surface area (Å²) in [4.78, 5) is 78.2. The highest BCUT2D eigenvalue weighted by Crippen LogP contribution is 2.29. The zero-order valence-corrected chi connectivity index (χ0v) is 48.5. The number of nitrogens with one attached hydrogen (secondary N) is 10. The molecule has 0 amide bonds. The summed E-state index contributed by atoms with van der Waals surface area (Å²) in [5.74, 6) is 8.85. The number of H-pyrrole nitrogens is 5. The molecule has 0 aliphatic heterocycles. The number of aryl methyl sites for hydroxylation is 2. The normalized spacial score (nSPS) is 11.6. The topological polar surface area (TPSA) is 385 Å². The number of hydrogen-bond acceptors (Lipinski definition) is 25. The largest absolute Gasteiger partial charge is 0.467 e. The van der Waals surface area contributed by atoms with Crippen molar-refractivity contribution in [3.05, 3.63) is 217 Å². The van der Waals surface area contributed by atoms with E-state index in [0.717, 1.165) is 97.5 Å². The third kappa shape index (κ3) is 14.3. The number of aromatic nitrogens is 20. The van der Waals surface area contributed by atoms with Crippen LogP contribution in [0.25, 0.3) is 55.8 Å². The zero-order valence-electron chi connectivity index (χ0n) is 47.7. The molecule has 0 aliphatic carbocycles. The van der Waals surface area contributed by atoms with Gasteiger partial charge >= 0.3 is 0 Å². The van der Waals surface area contributed by atoms with E-state index in [1.165, 1.54) is 36.5 Å². The summed E-state index contributed by atoms with van der Waals surface area (Å²) in [6.07, 6.45) is 18.8. The Labute approximate surface area is 507 Å². The molecule has 89 heavy (non-hydrogen) atoms. The molecular formula is C59H55N25O4S. The Bertz CT molecular complexity index is 4630. The van der Waals surface area contributed by atoms with Crippen LogP contribution in [-0.4, -0.2) is 99.7 Å². The summed E-state index contributed by atoms with van der Waals surface area (Å²) in [5.41, 5.74) is 8.37. The maximum Gasteiger partial charge on any atom is 0.182 e. The lowest BCUT2D eigenvalue weighted by molar-refractivity contribution is 0.490. The number of fused-ring (bicyclic) bond motifs is 5. The van der Waals surface area contributed by atoms with Crippen molar-refractivity contribution in [1.82, 2.24) is 99.7 Å². The predicted molar refractivity (Wildman–Crippen MR) is 333 cm³/mol. The number of anilines is 5. The van der Waals surface area contributed by atoms with Gasteiger partial charge in [0.25, 0.3) is 0 Å². The van der Waals surface area contributed by atoms with Gasteiger partial charge in [0.2, 0.25) is 0 Å². The van der Waals surface area contributed by atoms with Crippen LogP contribution in [-0.2, 0) is 19.6 Å². The molecule has 29 nitrogen and oxygen atoms in total. The van der Waals surface area contributed by atoms with Crippen LogP contribution in [0, 0.1) is 13.8 Å². The SMILES string of the molecule is CC(Nc1ncnc2nc[nH]c12)c1ccco1.Cc1ccc(CNc2ncnc3nc[nH]c23)o1.Cc1ccc(CNc2ncnc3nc[nH]c23)o1.c1ccc(C(Nc2ncnc3nc[nH]c23)c2ccco2)cc1.c1csc(CNc2ncnc3nc[nH]c23)c1. The standard InChI is InChI=1S/C16H13N5O.3C11H11N5O.C10H9N5S/c1-2-5-11(6-3-1)13(12-7-4-8-22-12)21-16-14-15(18-9-17-14)19-10-20-16;2*1-7-2-3-8(17-7)4-12-10-9-11(14-5-13-9)16-6-15-10;1-7(8-3-2-4-17-8)16-11-9-10(13-5-12-9)14-6-15-11;1-2-7(16-3-1)4-11-9-8-10(13-5-12-8)15-6-14-9/h1-10,13H,(H2,17,18,19,20,21);2*2-3,5-6H,4H2,1H3,(H2,12,13,14,15,16);2-7H,1H3,(H2,12,13,14,15,16);1-3,5-6H,4H2,(H2,11,12,13,14,15). The molecule has 0 aliphatic rings. The van der Waals surface area contributed by atoms with Crippen molar-refractivity contribution < 1.29 is 17.7 Å². The van der Waals surface area contributed by atoms with E-state index in [4.69, 9.17) is 17.7 Å². The lowest BCUT2D eigenvalue weighted by Gasteiger charge is -2.17.